The summed E-state index contributed by atoms with van der Waals surface area (Å²) in [5.74, 6) is 1.92. The number of anilines is 3. The molecule has 3 nitrogen and oxygen atoms in total. The lowest BCUT2D eigenvalue weighted by molar-refractivity contribution is 0.484. The highest BCUT2D eigenvalue weighted by molar-refractivity contribution is 6.98. The Morgan fingerprint density at radius 1 is 0.644 bits per heavy atom. The molecule has 0 amide bonds. The predicted molar refractivity (Wildman–Crippen MR) is 188 cm³/mol. The molecule has 2 aliphatic rings. The topological polar surface area (TPSA) is 25.6 Å². The van der Waals surface area contributed by atoms with E-state index >= 15 is 0 Å². The molecule has 45 heavy (non-hydrogen) atoms. The zero-order chi connectivity index (χ0) is 30.4. The van der Waals surface area contributed by atoms with E-state index in [9.17, 15) is 0 Å². The Kier molecular flexibility index (Phi) is 5.47. The van der Waals surface area contributed by atoms with Crippen LogP contribution in [0.25, 0.3) is 21.9 Å². The monoisotopic (exact) mass is 581 g/mol. The Labute approximate surface area is 263 Å². The number of rotatable bonds is 3. The van der Waals surface area contributed by atoms with Crippen molar-refractivity contribution in [1.29, 1.82) is 0 Å². The largest absolute Gasteiger partial charge is 0.458 e. The van der Waals surface area contributed by atoms with Gasteiger partial charge in [-0.1, -0.05) is 97.7 Å². The molecular formula is C41H32BNO2. The standard InChI is InChI=1S/C41H32BNO2/c1-25-17-21-36-33(23-25)42-32-20-19-28(24-31(32)41(3,4)38-26(2)18-22-37(44-36)39(38)42)43(27-11-6-5-7-12-27)34-15-10-14-30-29-13-8-9-16-35(29)45-40(30)34/h5-24H,1-4H3. The number of aryl methyl sites for hydroxylation is 2. The second kappa shape index (κ2) is 9.39. The van der Waals surface area contributed by atoms with Crippen LogP contribution < -0.4 is 26.0 Å². The first-order valence-electron chi connectivity index (χ1n) is 15.7. The van der Waals surface area contributed by atoms with Gasteiger partial charge in [0, 0.05) is 27.6 Å². The van der Waals surface area contributed by atoms with E-state index in [-0.39, 0.29) is 12.1 Å². The summed E-state index contributed by atoms with van der Waals surface area (Å²) in [4.78, 5) is 2.35. The smallest absolute Gasteiger partial charge is 0.251 e. The summed E-state index contributed by atoms with van der Waals surface area (Å²) in [6.07, 6.45) is 0. The van der Waals surface area contributed by atoms with Crippen molar-refractivity contribution >= 4 is 62.1 Å². The molecule has 0 aliphatic carbocycles. The maximum atomic E-state index is 6.57. The molecule has 0 saturated heterocycles. The van der Waals surface area contributed by atoms with Crippen molar-refractivity contribution in [3.63, 3.8) is 0 Å². The normalized spacial score (nSPS) is 14.1. The summed E-state index contributed by atoms with van der Waals surface area (Å²) in [6, 6.07) is 43.4. The quantitative estimate of drug-likeness (QED) is 0.195. The number of hydrogen-bond donors (Lipinski definition) is 0. The Balaban J connectivity index is 1.31. The van der Waals surface area contributed by atoms with Crippen molar-refractivity contribution in [1.82, 2.24) is 0 Å². The number of hydrogen-bond acceptors (Lipinski definition) is 3. The molecule has 1 aromatic heterocycles. The van der Waals surface area contributed by atoms with Gasteiger partial charge in [0.2, 0.25) is 0 Å². The molecule has 4 heteroatoms. The highest BCUT2D eigenvalue weighted by Crippen LogP contribution is 2.45. The van der Waals surface area contributed by atoms with Crippen molar-refractivity contribution in [3.05, 3.63) is 144 Å². The fourth-order valence-corrected chi connectivity index (χ4v) is 8.02. The van der Waals surface area contributed by atoms with E-state index in [1.807, 2.05) is 6.07 Å². The second-order valence-electron chi connectivity index (χ2n) is 13.1. The average molecular weight is 582 g/mol. The summed E-state index contributed by atoms with van der Waals surface area (Å²) in [7, 11) is 0. The van der Waals surface area contributed by atoms with Gasteiger partial charge in [-0.25, -0.2) is 0 Å². The van der Waals surface area contributed by atoms with E-state index in [4.69, 9.17) is 9.15 Å². The van der Waals surface area contributed by atoms with Gasteiger partial charge in [-0.05, 0) is 90.0 Å². The zero-order valence-electron chi connectivity index (χ0n) is 25.9. The van der Waals surface area contributed by atoms with Crippen LogP contribution in [0, 0.1) is 13.8 Å². The van der Waals surface area contributed by atoms with Crippen LogP contribution in [0.3, 0.4) is 0 Å². The molecule has 7 aromatic rings. The molecule has 6 aromatic carbocycles. The summed E-state index contributed by atoms with van der Waals surface area (Å²) in [6.45, 7) is 9.26. The highest BCUT2D eigenvalue weighted by Gasteiger charge is 2.46. The summed E-state index contributed by atoms with van der Waals surface area (Å²) in [5, 5.41) is 2.25. The van der Waals surface area contributed by atoms with Gasteiger partial charge in [0.25, 0.3) is 6.71 Å². The third-order valence-electron chi connectivity index (χ3n) is 9.94. The summed E-state index contributed by atoms with van der Waals surface area (Å²) in [5.41, 5.74) is 13.9. The van der Waals surface area contributed by atoms with Crippen LogP contribution in [-0.4, -0.2) is 6.71 Å². The first kappa shape index (κ1) is 26.2. The fraction of sp³-hybridized carbons (Fsp3) is 0.122. The number of fused-ring (bicyclic) bond motifs is 7. The van der Waals surface area contributed by atoms with Crippen LogP contribution in [0.5, 0.6) is 11.5 Å². The van der Waals surface area contributed by atoms with Crippen LogP contribution >= 0.6 is 0 Å². The Bertz CT molecular complexity index is 2320. The van der Waals surface area contributed by atoms with Crippen LogP contribution in [0.1, 0.15) is 36.1 Å². The van der Waals surface area contributed by atoms with Crippen molar-refractivity contribution in [2.24, 2.45) is 0 Å². The molecular weight excluding hydrogens is 549 g/mol. The lowest BCUT2D eigenvalue weighted by Crippen LogP contribution is -2.62. The minimum Gasteiger partial charge on any atom is -0.458 e. The second-order valence-corrected chi connectivity index (χ2v) is 13.1. The lowest BCUT2D eigenvalue weighted by atomic mass is 9.30. The van der Waals surface area contributed by atoms with E-state index < -0.39 is 0 Å². The average Bonchev–Trinajstić information content (AvgIpc) is 3.44. The van der Waals surface area contributed by atoms with Crippen molar-refractivity contribution in [3.8, 4) is 11.5 Å². The molecule has 0 radical (unpaired) electrons. The summed E-state index contributed by atoms with van der Waals surface area (Å²) >= 11 is 0. The maximum absolute atomic E-state index is 6.57. The van der Waals surface area contributed by atoms with Crippen molar-refractivity contribution in [2.75, 3.05) is 4.90 Å². The minimum absolute atomic E-state index is 0.111. The van der Waals surface area contributed by atoms with E-state index in [0.29, 0.717) is 0 Å². The van der Waals surface area contributed by atoms with Gasteiger partial charge >= 0.3 is 0 Å². The van der Waals surface area contributed by atoms with Crippen LogP contribution in [0.2, 0.25) is 0 Å². The van der Waals surface area contributed by atoms with Gasteiger partial charge in [0.1, 0.15) is 17.1 Å². The molecule has 0 saturated carbocycles. The third-order valence-corrected chi connectivity index (χ3v) is 9.94. The zero-order valence-corrected chi connectivity index (χ0v) is 25.9. The van der Waals surface area contributed by atoms with Gasteiger partial charge in [-0.3, -0.25) is 0 Å². The molecule has 0 N–H and O–H groups in total. The number of ether oxygens (including phenoxy) is 1. The Morgan fingerprint density at radius 2 is 1.42 bits per heavy atom. The van der Waals surface area contributed by atoms with E-state index in [2.05, 4.69) is 148 Å². The SMILES string of the molecule is Cc1ccc2c(c1)B1c3ccc(N(c4ccccc4)c4cccc5c4oc4ccccc45)cc3C(C)(C)c3c(C)ccc(c31)O2. The first-order chi connectivity index (χ1) is 21.9. The molecule has 0 fully saturated rings. The third kappa shape index (κ3) is 3.72. The maximum Gasteiger partial charge on any atom is 0.251 e. The van der Waals surface area contributed by atoms with Crippen LogP contribution in [0.15, 0.2) is 126 Å². The summed E-state index contributed by atoms with van der Waals surface area (Å²) < 4.78 is 13.1. The van der Waals surface area contributed by atoms with E-state index in [1.54, 1.807) is 0 Å². The molecule has 3 heterocycles. The molecule has 0 unspecified atom stereocenters. The van der Waals surface area contributed by atoms with Gasteiger partial charge in [0.15, 0.2) is 5.58 Å². The van der Waals surface area contributed by atoms with Crippen molar-refractivity contribution < 1.29 is 9.15 Å². The molecule has 216 valence electrons. The number of nitrogens with zero attached hydrogens (tertiary/aromatic N) is 1. The molecule has 9 rings (SSSR count). The minimum atomic E-state index is -0.240. The Morgan fingerprint density at radius 3 is 2.29 bits per heavy atom. The molecule has 0 atom stereocenters. The number of benzene rings is 6. The van der Waals surface area contributed by atoms with E-state index in [1.165, 1.54) is 38.6 Å². The van der Waals surface area contributed by atoms with Gasteiger partial charge in [-0.2, -0.15) is 0 Å². The van der Waals surface area contributed by atoms with E-state index in [0.717, 1.165) is 50.5 Å². The lowest BCUT2D eigenvalue weighted by Gasteiger charge is -2.43. The molecule has 0 spiro atoms. The predicted octanol–water partition coefficient (Wildman–Crippen LogP) is 8.93. The van der Waals surface area contributed by atoms with Gasteiger partial charge in [-0.15, -0.1) is 0 Å². The highest BCUT2D eigenvalue weighted by atomic mass is 16.5. The molecule has 2 aliphatic heterocycles. The van der Waals surface area contributed by atoms with Crippen molar-refractivity contribution in [2.45, 2.75) is 33.1 Å². The fourth-order valence-electron chi connectivity index (χ4n) is 8.02. The van der Waals surface area contributed by atoms with Crippen LogP contribution in [-0.2, 0) is 5.41 Å². The first-order valence-corrected chi connectivity index (χ1v) is 15.7. The van der Waals surface area contributed by atoms with Crippen LogP contribution in [0.4, 0.5) is 17.1 Å². The number of furan rings is 1. The Hall–Kier alpha value is -5.22. The van der Waals surface area contributed by atoms with Gasteiger partial charge in [0.05, 0.1) is 5.69 Å². The molecule has 0 bridgehead atoms. The number of para-hydroxylation sites is 3. The van der Waals surface area contributed by atoms with Gasteiger partial charge < -0.3 is 14.1 Å².